The lowest BCUT2D eigenvalue weighted by atomic mass is 10.2. The van der Waals surface area contributed by atoms with Crippen molar-refractivity contribution in [2.75, 3.05) is 23.4 Å². The molecule has 1 amide bonds. The van der Waals surface area contributed by atoms with Gasteiger partial charge in [-0.2, -0.15) is 16.9 Å². The van der Waals surface area contributed by atoms with Crippen molar-refractivity contribution < 1.29 is 9.90 Å². The molecule has 1 aromatic rings. The van der Waals surface area contributed by atoms with Gasteiger partial charge in [0.15, 0.2) is 0 Å². The van der Waals surface area contributed by atoms with Gasteiger partial charge in [-0.25, -0.2) is 4.68 Å². The third-order valence-electron chi connectivity index (χ3n) is 3.57. The van der Waals surface area contributed by atoms with Gasteiger partial charge < -0.3 is 10.4 Å². The fourth-order valence-corrected chi connectivity index (χ4v) is 2.98. The molecule has 2 atom stereocenters. The van der Waals surface area contributed by atoms with Crippen molar-refractivity contribution in [3.63, 3.8) is 0 Å². The molecule has 112 valence electrons. The van der Waals surface area contributed by atoms with Gasteiger partial charge in [-0.15, -0.1) is 0 Å². The summed E-state index contributed by atoms with van der Waals surface area (Å²) in [6.07, 6.45) is 4.24. The molecule has 0 saturated heterocycles. The van der Waals surface area contributed by atoms with Gasteiger partial charge in [0.25, 0.3) is 0 Å². The molecule has 5 nitrogen and oxygen atoms in total. The van der Waals surface area contributed by atoms with Gasteiger partial charge >= 0.3 is 0 Å². The van der Waals surface area contributed by atoms with E-state index in [1.165, 1.54) is 12.8 Å². The smallest absolute Gasteiger partial charge is 0.235 e. The van der Waals surface area contributed by atoms with Crippen LogP contribution in [0.3, 0.4) is 0 Å². The Morgan fingerprint density at radius 3 is 3.00 bits per heavy atom. The van der Waals surface area contributed by atoms with Gasteiger partial charge in [-0.3, -0.25) is 4.79 Å². The Labute approximate surface area is 124 Å². The first-order valence-electron chi connectivity index (χ1n) is 7.13. The Morgan fingerprint density at radius 2 is 2.35 bits per heavy atom. The van der Waals surface area contributed by atoms with Gasteiger partial charge in [0.1, 0.15) is 5.82 Å². The summed E-state index contributed by atoms with van der Waals surface area (Å²) < 4.78 is 1.91. The highest BCUT2D eigenvalue weighted by Gasteiger charge is 2.30. The predicted molar refractivity (Wildman–Crippen MR) is 81.9 cm³/mol. The van der Waals surface area contributed by atoms with Crippen LogP contribution in [0.1, 0.15) is 32.7 Å². The molecule has 0 aliphatic heterocycles. The van der Waals surface area contributed by atoms with Crippen LogP contribution >= 0.6 is 11.8 Å². The molecule has 20 heavy (non-hydrogen) atoms. The molecule has 2 rings (SSSR count). The molecule has 1 aromatic heterocycles. The number of aliphatic hydroxyl groups excluding tert-OH is 1. The Morgan fingerprint density at radius 1 is 1.60 bits per heavy atom. The summed E-state index contributed by atoms with van der Waals surface area (Å²) in [5, 5.41) is 16.2. The van der Waals surface area contributed by atoms with Crippen LogP contribution in [0.15, 0.2) is 12.3 Å². The Balaban J connectivity index is 1.80. The van der Waals surface area contributed by atoms with Crippen LogP contribution in [-0.4, -0.2) is 38.9 Å². The van der Waals surface area contributed by atoms with Gasteiger partial charge in [0.05, 0.1) is 18.0 Å². The largest absolute Gasteiger partial charge is 0.396 e. The van der Waals surface area contributed by atoms with Crippen LogP contribution < -0.4 is 5.32 Å². The molecule has 1 aliphatic rings. The molecule has 1 aliphatic carbocycles. The minimum atomic E-state index is -0.00936. The lowest BCUT2D eigenvalue weighted by Gasteiger charge is -2.15. The van der Waals surface area contributed by atoms with Crippen molar-refractivity contribution in [1.29, 1.82) is 0 Å². The fourth-order valence-electron chi connectivity index (χ4n) is 2.10. The minimum absolute atomic E-state index is 0.00936. The van der Waals surface area contributed by atoms with Gasteiger partial charge in [0.2, 0.25) is 5.91 Å². The normalized spacial score (nSPS) is 17.8. The third-order valence-corrected chi connectivity index (χ3v) is 4.85. The number of nitrogens with one attached hydrogen (secondary N) is 1. The zero-order valence-corrected chi connectivity index (χ0v) is 12.9. The van der Waals surface area contributed by atoms with E-state index in [1.54, 1.807) is 18.0 Å². The first-order valence-corrected chi connectivity index (χ1v) is 8.29. The summed E-state index contributed by atoms with van der Waals surface area (Å²) in [4.78, 5) is 11.9. The van der Waals surface area contributed by atoms with Crippen molar-refractivity contribution in [3.8, 4) is 0 Å². The summed E-state index contributed by atoms with van der Waals surface area (Å²) in [7, 11) is 0. The number of aromatic nitrogens is 2. The number of aliphatic hydroxyl groups is 1. The molecule has 0 spiro atoms. The van der Waals surface area contributed by atoms with Crippen molar-refractivity contribution in [2.45, 2.75) is 32.7 Å². The summed E-state index contributed by atoms with van der Waals surface area (Å²) in [5.41, 5.74) is 0. The van der Waals surface area contributed by atoms with Crippen LogP contribution in [0, 0.1) is 11.8 Å². The molecular weight excluding hydrogens is 274 g/mol. The zero-order valence-electron chi connectivity index (χ0n) is 12.1. The second kappa shape index (κ2) is 7.13. The van der Waals surface area contributed by atoms with Crippen molar-refractivity contribution in [3.05, 3.63) is 12.3 Å². The van der Waals surface area contributed by atoms with E-state index in [2.05, 4.69) is 17.3 Å². The van der Waals surface area contributed by atoms with Crippen LogP contribution in [0.4, 0.5) is 5.82 Å². The number of nitrogens with zero attached hydrogens (tertiary/aromatic N) is 2. The number of carbonyl (C=O) groups excluding carboxylic acids is 1. The van der Waals surface area contributed by atoms with Crippen molar-refractivity contribution >= 4 is 23.5 Å². The van der Waals surface area contributed by atoms with Crippen LogP contribution in [0.5, 0.6) is 0 Å². The predicted octanol–water partition coefficient (Wildman–Crippen LogP) is 2.15. The topological polar surface area (TPSA) is 67.2 Å². The van der Waals surface area contributed by atoms with E-state index < -0.39 is 0 Å². The average Bonchev–Trinajstić information content (AvgIpc) is 3.18. The maximum atomic E-state index is 11.9. The number of anilines is 1. The second-order valence-electron chi connectivity index (χ2n) is 5.59. The lowest BCUT2D eigenvalue weighted by molar-refractivity contribution is -0.113. The lowest BCUT2D eigenvalue weighted by Crippen LogP contribution is -2.20. The van der Waals surface area contributed by atoms with E-state index in [1.807, 2.05) is 17.7 Å². The number of hydrogen-bond donors (Lipinski definition) is 2. The number of amides is 1. The van der Waals surface area contributed by atoms with E-state index in [4.69, 9.17) is 5.11 Å². The van der Waals surface area contributed by atoms with Crippen LogP contribution in [0.2, 0.25) is 0 Å². The van der Waals surface area contributed by atoms with E-state index >= 15 is 0 Å². The standard InChI is InChI=1S/C14H23N3O2S/c1-10(7-18)8-20-9-14(19)16-13-5-6-15-17(13)11(2)12-3-4-12/h5-6,10-12,18H,3-4,7-9H2,1-2H3,(H,16,19). The van der Waals surface area contributed by atoms with Crippen molar-refractivity contribution in [2.24, 2.45) is 11.8 Å². The van der Waals surface area contributed by atoms with E-state index in [-0.39, 0.29) is 18.4 Å². The average molecular weight is 297 g/mol. The third kappa shape index (κ3) is 4.24. The number of carbonyl (C=O) groups is 1. The maximum absolute atomic E-state index is 11.9. The first-order chi connectivity index (χ1) is 9.61. The van der Waals surface area contributed by atoms with Gasteiger partial charge in [-0.05, 0) is 37.4 Å². The molecule has 1 fully saturated rings. The maximum Gasteiger partial charge on any atom is 0.235 e. The summed E-state index contributed by atoms with van der Waals surface area (Å²) in [6, 6.07) is 2.19. The molecule has 1 saturated carbocycles. The fraction of sp³-hybridized carbons (Fsp3) is 0.714. The monoisotopic (exact) mass is 297 g/mol. The Kier molecular flexibility index (Phi) is 5.48. The number of thioether (sulfide) groups is 1. The van der Waals surface area contributed by atoms with Crippen LogP contribution in [-0.2, 0) is 4.79 Å². The quantitative estimate of drug-likeness (QED) is 0.771. The number of rotatable bonds is 8. The molecule has 6 heteroatoms. The summed E-state index contributed by atoms with van der Waals surface area (Å²) in [6.45, 7) is 4.29. The molecule has 0 bridgehead atoms. The van der Waals surface area contributed by atoms with E-state index in [9.17, 15) is 4.79 Å². The second-order valence-corrected chi connectivity index (χ2v) is 6.62. The molecule has 2 N–H and O–H groups in total. The van der Waals surface area contributed by atoms with E-state index in [0.29, 0.717) is 17.7 Å². The first kappa shape index (κ1) is 15.4. The molecule has 0 aromatic carbocycles. The zero-order chi connectivity index (χ0) is 14.5. The summed E-state index contributed by atoms with van der Waals surface area (Å²) >= 11 is 1.55. The molecule has 2 unspecified atom stereocenters. The van der Waals surface area contributed by atoms with Crippen molar-refractivity contribution in [1.82, 2.24) is 9.78 Å². The molecule has 0 radical (unpaired) electrons. The Bertz CT molecular complexity index is 445. The highest BCUT2D eigenvalue weighted by atomic mass is 32.2. The van der Waals surface area contributed by atoms with Gasteiger partial charge in [0, 0.05) is 12.7 Å². The van der Waals surface area contributed by atoms with Gasteiger partial charge in [-0.1, -0.05) is 6.92 Å². The number of hydrogen-bond acceptors (Lipinski definition) is 4. The highest BCUT2D eigenvalue weighted by Crippen LogP contribution is 2.40. The SMILES string of the molecule is CC(CO)CSCC(=O)Nc1ccnn1C(C)C1CC1. The summed E-state index contributed by atoms with van der Waals surface area (Å²) in [5.74, 6) is 2.91. The molecule has 1 heterocycles. The highest BCUT2D eigenvalue weighted by molar-refractivity contribution is 7.99. The van der Waals surface area contributed by atoms with E-state index in [0.717, 1.165) is 11.6 Å². The minimum Gasteiger partial charge on any atom is -0.396 e. The van der Waals surface area contributed by atoms with Crippen LogP contribution in [0.25, 0.3) is 0 Å². The molecular formula is C14H23N3O2S. The Hall–Kier alpha value is -1.01.